The first-order chi connectivity index (χ1) is 15.2. The molecule has 32 heavy (non-hydrogen) atoms. The van der Waals surface area contributed by atoms with Crippen LogP contribution in [0.4, 0.5) is 23.2 Å². The number of carbonyl (C=O) groups excluding carboxylic acids is 1. The van der Waals surface area contributed by atoms with E-state index in [4.69, 9.17) is 4.74 Å². The minimum atomic E-state index is -1.16. The van der Waals surface area contributed by atoms with Gasteiger partial charge in [-0.2, -0.15) is 0 Å². The molecule has 0 aliphatic carbocycles. The highest BCUT2D eigenvalue weighted by atomic mass is 32.2. The van der Waals surface area contributed by atoms with Gasteiger partial charge in [-0.05, 0) is 67.3 Å². The van der Waals surface area contributed by atoms with Crippen LogP contribution in [0.25, 0.3) is 0 Å². The average Bonchev–Trinajstić information content (AvgIpc) is 2.76. The lowest BCUT2D eigenvalue weighted by Gasteiger charge is -2.13. The number of benzene rings is 2. The molecule has 0 radical (unpaired) electrons. The standard InChI is InChI=1S/C22H19F4N3O2S/c1-11-12(2)18(31-3)10-28-27-9-14(11)22(30)20-16(25)6-7-17(21(20)26)29-32-19-8-13(23)4-5-15(19)24/h4-10,27-29H,1-3H3. The van der Waals surface area contributed by atoms with Gasteiger partial charge in [0.05, 0.1) is 29.5 Å². The van der Waals surface area contributed by atoms with Gasteiger partial charge >= 0.3 is 0 Å². The third kappa shape index (κ3) is 4.75. The van der Waals surface area contributed by atoms with E-state index in [0.29, 0.717) is 28.8 Å². The van der Waals surface area contributed by atoms with Crippen molar-refractivity contribution in [2.75, 3.05) is 11.8 Å². The number of anilines is 1. The molecule has 0 aliphatic heterocycles. The van der Waals surface area contributed by atoms with Gasteiger partial charge in [-0.1, -0.05) is 0 Å². The van der Waals surface area contributed by atoms with Crippen molar-refractivity contribution in [3.8, 4) is 5.75 Å². The Balaban J connectivity index is 2.02. The molecule has 10 heteroatoms. The Bertz CT molecular complexity index is 1220. The zero-order valence-electron chi connectivity index (χ0n) is 17.3. The van der Waals surface area contributed by atoms with Crippen LogP contribution < -0.4 is 9.46 Å². The van der Waals surface area contributed by atoms with Crippen LogP contribution >= 0.6 is 11.9 Å². The molecule has 0 aliphatic rings. The smallest absolute Gasteiger partial charge is 0.200 e. The van der Waals surface area contributed by atoms with Crippen molar-refractivity contribution < 1.29 is 27.1 Å². The predicted octanol–water partition coefficient (Wildman–Crippen LogP) is 6.00. The molecule has 0 saturated heterocycles. The minimum Gasteiger partial charge on any atom is -0.495 e. The summed E-state index contributed by atoms with van der Waals surface area (Å²) in [5, 5.41) is 5.35. The van der Waals surface area contributed by atoms with Crippen molar-refractivity contribution in [2.24, 2.45) is 0 Å². The Morgan fingerprint density at radius 1 is 0.969 bits per heavy atom. The fourth-order valence-electron chi connectivity index (χ4n) is 2.91. The van der Waals surface area contributed by atoms with Crippen molar-refractivity contribution >= 4 is 23.4 Å². The summed E-state index contributed by atoms with van der Waals surface area (Å²) >= 11 is 0.592. The lowest BCUT2D eigenvalue weighted by atomic mass is 9.97. The van der Waals surface area contributed by atoms with Crippen LogP contribution in [0.3, 0.4) is 0 Å². The van der Waals surface area contributed by atoms with E-state index in [9.17, 15) is 18.0 Å². The van der Waals surface area contributed by atoms with E-state index in [1.807, 2.05) is 0 Å². The third-order valence-corrected chi connectivity index (χ3v) is 5.64. The maximum absolute atomic E-state index is 15.2. The molecular weight excluding hydrogens is 446 g/mol. The summed E-state index contributed by atoms with van der Waals surface area (Å²) in [4.78, 5) is 13.0. The Morgan fingerprint density at radius 2 is 1.66 bits per heavy atom. The van der Waals surface area contributed by atoms with Crippen LogP contribution in [0.2, 0.25) is 0 Å². The van der Waals surface area contributed by atoms with Gasteiger partial charge in [0.15, 0.2) is 5.82 Å². The molecule has 0 fully saturated rings. The topological polar surface area (TPSA) is 69.9 Å². The molecule has 0 atom stereocenters. The monoisotopic (exact) mass is 465 g/mol. The quantitative estimate of drug-likeness (QED) is 0.237. The molecule has 2 aromatic carbocycles. The molecule has 0 bridgehead atoms. The number of hydrogen-bond acceptors (Lipinski definition) is 4. The maximum Gasteiger partial charge on any atom is 0.200 e. The van der Waals surface area contributed by atoms with Crippen molar-refractivity contribution in [3.05, 3.63) is 88.2 Å². The van der Waals surface area contributed by atoms with E-state index in [0.717, 1.165) is 30.3 Å². The molecule has 0 unspecified atom stereocenters. The maximum atomic E-state index is 15.2. The van der Waals surface area contributed by atoms with Crippen LogP contribution in [0, 0.1) is 37.1 Å². The van der Waals surface area contributed by atoms with Gasteiger partial charge < -0.3 is 19.7 Å². The molecule has 5 nitrogen and oxygen atoms in total. The van der Waals surface area contributed by atoms with Crippen LogP contribution in [0.5, 0.6) is 5.75 Å². The van der Waals surface area contributed by atoms with E-state index in [-0.39, 0.29) is 16.1 Å². The second-order valence-electron chi connectivity index (χ2n) is 6.70. The molecule has 1 aromatic heterocycles. The number of aromatic amines is 2. The predicted molar refractivity (Wildman–Crippen MR) is 114 cm³/mol. The fraction of sp³-hybridized carbons (Fsp3) is 0.136. The lowest BCUT2D eigenvalue weighted by molar-refractivity contribution is 0.103. The molecule has 3 N–H and O–H groups in total. The molecule has 168 valence electrons. The summed E-state index contributed by atoms with van der Waals surface area (Å²) in [5.74, 6) is -4.11. The number of aromatic nitrogens is 2. The summed E-state index contributed by atoms with van der Waals surface area (Å²) in [6.07, 6.45) is 2.82. The van der Waals surface area contributed by atoms with E-state index in [1.165, 1.54) is 19.5 Å². The molecule has 3 aromatic rings. The second-order valence-corrected chi connectivity index (χ2v) is 7.55. The minimum absolute atomic E-state index is 0.0106. The normalized spacial score (nSPS) is 10.6. The molecule has 1 heterocycles. The largest absolute Gasteiger partial charge is 0.495 e. The van der Waals surface area contributed by atoms with Gasteiger partial charge in [-0.15, -0.1) is 0 Å². The van der Waals surface area contributed by atoms with Gasteiger partial charge in [0, 0.05) is 11.8 Å². The van der Waals surface area contributed by atoms with Crippen LogP contribution in [0.1, 0.15) is 27.0 Å². The van der Waals surface area contributed by atoms with Crippen LogP contribution in [-0.4, -0.2) is 23.1 Å². The molecule has 0 amide bonds. The summed E-state index contributed by atoms with van der Waals surface area (Å²) in [5.41, 5.74) is -0.00830. The first kappa shape index (κ1) is 23.3. The number of halogens is 4. The third-order valence-electron chi connectivity index (χ3n) is 4.79. The number of nitrogens with one attached hydrogen (secondary N) is 3. The van der Waals surface area contributed by atoms with E-state index >= 15 is 4.39 Å². The van der Waals surface area contributed by atoms with Crippen LogP contribution in [0.15, 0.2) is 47.6 Å². The number of ketones is 1. The Kier molecular flexibility index (Phi) is 7.14. The van der Waals surface area contributed by atoms with Gasteiger partial charge in [0.25, 0.3) is 0 Å². The number of hydrogen-bond donors (Lipinski definition) is 3. The summed E-state index contributed by atoms with van der Waals surface area (Å²) in [6, 6.07) is 4.79. The average molecular weight is 465 g/mol. The van der Waals surface area contributed by atoms with E-state index in [2.05, 4.69) is 14.9 Å². The first-order valence-corrected chi connectivity index (χ1v) is 10.1. The highest BCUT2D eigenvalue weighted by Gasteiger charge is 2.24. The number of rotatable bonds is 6. The highest BCUT2D eigenvalue weighted by molar-refractivity contribution is 8.00. The number of carbonyl (C=O) groups is 1. The molecular formula is C22H19F4N3O2S. The summed E-state index contributed by atoms with van der Waals surface area (Å²) in [6.45, 7) is 3.33. The summed E-state index contributed by atoms with van der Waals surface area (Å²) in [7, 11) is 1.45. The number of ether oxygens (including phenoxy) is 1. The van der Waals surface area contributed by atoms with E-state index < -0.39 is 34.6 Å². The van der Waals surface area contributed by atoms with Crippen molar-refractivity contribution in [3.63, 3.8) is 0 Å². The first-order valence-electron chi connectivity index (χ1n) is 9.28. The highest BCUT2D eigenvalue weighted by Crippen LogP contribution is 2.30. The summed E-state index contributed by atoms with van der Waals surface area (Å²) < 4.78 is 64.6. The number of H-pyrrole nitrogens is 2. The Labute approximate surface area is 185 Å². The van der Waals surface area contributed by atoms with Crippen molar-refractivity contribution in [1.29, 1.82) is 0 Å². The van der Waals surface area contributed by atoms with Crippen LogP contribution in [-0.2, 0) is 0 Å². The zero-order valence-corrected chi connectivity index (χ0v) is 18.1. The van der Waals surface area contributed by atoms with Crippen molar-refractivity contribution in [2.45, 2.75) is 18.7 Å². The Hall–Kier alpha value is -3.40. The lowest BCUT2D eigenvalue weighted by Crippen LogP contribution is -2.11. The zero-order chi connectivity index (χ0) is 23.4. The van der Waals surface area contributed by atoms with E-state index in [1.54, 1.807) is 13.8 Å². The fourth-order valence-corrected chi connectivity index (χ4v) is 3.63. The number of methoxy groups -OCH3 is 1. The van der Waals surface area contributed by atoms with Gasteiger partial charge in [-0.25, -0.2) is 17.6 Å². The molecule has 3 rings (SSSR count). The Morgan fingerprint density at radius 3 is 2.38 bits per heavy atom. The van der Waals surface area contributed by atoms with Gasteiger partial charge in [-0.3, -0.25) is 4.79 Å². The van der Waals surface area contributed by atoms with Crippen molar-refractivity contribution in [1.82, 2.24) is 10.2 Å². The second kappa shape index (κ2) is 9.82. The van der Waals surface area contributed by atoms with Gasteiger partial charge in [0.2, 0.25) is 5.78 Å². The SMILES string of the molecule is COc1c[nH][nH]cc(C(=O)c2c(F)ccc(NSc3cc(F)ccc3F)c2F)c(C)c1C. The molecule has 0 spiro atoms. The van der Waals surface area contributed by atoms with Gasteiger partial charge in [0.1, 0.15) is 23.2 Å². The molecule has 0 saturated carbocycles.